The first-order valence-corrected chi connectivity index (χ1v) is 6.80. The van der Waals surface area contributed by atoms with Gasteiger partial charge >= 0.3 is 0 Å². The zero-order chi connectivity index (χ0) is 13.2. The minimum atomic E-state index is 0.519. The molecule has 2 heterocycles. The molecule has 0 bridgehead atoms. The fourth-order valence-electron chi connectivity index (χ4n) is 2.45. The van der Waals surface area contributed by atoms with Gasteiger partial charge in [0.2, 0.25) is 0 Å². The topological polar surface area (TPSA) is 52.3 Å². The number of nitrogens with one attached hydrogen (secondary N) is 1. The van der Waals surface area contributed by atoms with Crippen molar-refractivity contribution in [1.29, 1.82) is 5.41 Å². The summed E-state index contributed by atoms with van der Waals surface area (Å²) in [5.74, 6) is 0.519. The predicted molar refractivity (Wildman–Crippen MR) is 77.7 cm³/mol. The lowest BCUT2D eigenvalue weighted by atomic mass is 10.1. The van der Waals surface area contributed by atoms with Gasteiger partial charge in [0.25, 0.3) is 0 Å². The number of fused-ring (bicyclic) bond motifs is 1. The van der Waals surface area contributed by atoms with Gasteiger partial charge in [0.05, 0.1) is 11.9 Å². The molecule has 1 fully saturated rings. The molecule has 4 nitrogen and oxygen atoms in total. The molecule has 98 valence electrons. The van der Waals surface area contributed by atoms with Crippen molar-refractivity contribution in [3.05, 3.63) is 35.3 Å². The first-order valence-electron chi connectivity index (χ1n) is 6.80. The normalized spacial score (nSPS) is 19.8. The molecule has 0 spiro atoms. The molecule has 19 heavy (non-hydrogen) atoms. The van der Waals surface area contributed by atoms with Crippen molar-refractivity contribution in [2.45, 2.75) is 26.2 Å². The highest BCUT2D eigenvalue weighted by atomic mass is 15.2. The van der Waals surface area contributed by atoms with E-state index in [2.05, 4.69) is 20.9 Å². The predicted octanol–water partition coefficient (Wildman–Crippen LogP) is 2.63. The van der Waals surface area contributed by atoms with Gasteiger partial charge in [0.15, 0.2) is 0 Å². The van der Waals surface area contributed by atoms with Gasteiger partial charge < -0.3 is 4.90 Å². The maximum atomic E-state index is 7.97. The maximum absolute atomic E-state index is 7.97. The Balaban J connectivity index is 1.61. The Morgan fingerprint density at radius 1 is 1.37 bits per heavy atom. The molecule has 1 aliphatic carbocycles. The second-order valence-corrected chi connectivity index (χ2v) is 5.16. The van der Waals surface area contributed by atoms with Crippen LogP contribution < -0.4 is 0 Å². The van der Waals surface area contributed by atoms with E-state index >= 15 is 0 Å². The zero-order valence-corrected chi connectivity index (χ0v) is 11.2. The smallest absolute Gasteiger partial charge is 0.139 e. The van der Waals surface area contributed by atoms with Crippen LogP contribution in [0.4, 0.5) is 0 Å². The fraction of sp³-hybridized carbons (Fsp3) is 0.400. The van der Waals surface area contributed by atoms with Crippen LogP contribution in [-0.2, 0) is 0 Å². The van der Waals surface area contributed by atoms with Crippen molar-refractivity contribution < 1.29 is 0 Å². The zero-order valence-electron chi connectivity index (χ0n) is 11.2. The first kappa shape index (κ1) is 12.1. The molecule has 2 aliphatic rings. The average Bonchev–Trinajstić information content (AvgIpc) is 3.12. The highest BCUT2D eigenvalue weighted by Gasteiger charge is 2.26. The van der Waals surface area contributed by atoms with Gasteiger partial charge in [-0.05, 0) is 37.8 Å². The molecule has 1 aliphatic heterocycles. The SMILES string of the molecule is Cc1cnc2c(c1)/C2=C/N=CC(=N)N1CCCCC1. The van der Waals surface area contributed by atoms with Gasteiger partial charge in [-0.3, -0.25) is 15.4 Å². The summed E-state index contributed by atoms with van der Waals surface area (Å²) in [5, 5.41) is 7.97. The molecule has 0 aromatic carbocycles. The van der Waals surface area contributed by atoms with Crippen LogP contribution in [0, 0.1) is 12.3 Å². The van der Waals surface area contributed by atoms with Crippen LogP contribution in [0.15, 0.2) is 23.5 Å². The van der Waals surface area contributed by atoms with Crippen molar-refractivity contribution in [3.8, 4) is 0 Å². The summed E-state index contributed by atoms with van der Waals surface area (Å²) in [5.41, 5.74) is 4.52. The van der Waals surface area contributed by atoms with Crippen LogP contribution in [0.5, 0.6) is 0 Å². The second kappa shape index (κ2) is 4.96. The summed E-state index contributed by atoms with van der Waals surface area (Å²) in [7, 11) is 0. The molecule has 1 N–H and O–H groups in total. The quantitative estimate of drug-likeness (QED) is 0.661. The Morgan fingerprint density at radius 2 is 2.16 bits per heavy atom. The van der Waals surface area contributed by atoms with E-state index in [9.17, 15) is 0 Å². The first-order chi connectivity index (χ1) is 9.25. The molecule has 0 unspecified atom stereocenters. The van der Waals surface area contributed by atoms with Gasteiger partial charge in [-0.15, -0.1) is 0 Å². The highest BCUT2D eigenvalue weighted by Crippen LogP contribution is 2.40. The lowest BCUT2D eigenvalue weighted by molar-refractivity contribution is 0.344. The van der Waals surface area contributed by atoms with Crippen molar-refractivity contribution >= 4 is 17.6 Å². The standard InChI is InChI=1S/C15H18N4/c1-11-7-12-13(15(12)18-8-11)9-17-10-14(16)19-5-3-2-4-6-19/h7-10,16H,2-6H2,1H3/b13-9-,16-14?,17-10?. The molecule has 0 atom stereocenters. The van der Waals surface area contributed by atoms with Crippen molar-refractivity contribution in [1.82, 2.24) is 9.88 Å². The van der Waals surface area contributed by atoms with Gasteiger partial charge in [0.1, 0.15) is 5.84 Å². The molecule has 0 amide bonds. The average molecular weight is 254 g/mol. The van der Waals surface area contributed by atoms with Gasteiger partial charge in [-0.2, -0.15) is 0 Å². The van der Waals surface area contributed by atoms with Crippen LogP contribution in [0.1, 0.15) is 36.1 Å². The maximum Gasteiger partial charge on any atom is 0.139 e. The van der Waals surface area contributed by atoms with E-state index in [1.807, 2.05) is 19.3 Å². The van der Waals surface area contributed by atoms with Gasteiger partial charge in [-0.25, -0.2) is 0 Å². The number of hydrogen-bond donors (Lipinski definition) is 1. The third-order valence-corrected chi connectivity index (χ3v) is 3.60. The minimum Gasteiger partial charge on any atom is -0.356 e. The van der Waals surface area contributed by atoms with Gasteiger partial charge in [0, 0.05) is 36.6 Å². The Labute approximate surface area is 113 Å². The van der Waals surface area contributed by atoms with Crippen LogP contribution in [-0.4, -0.2) is 35.0 Å². The molecule has 1 aromatic heterocycles. The number of amidine groups is 1. The third kappa shape index (κ3) is 2.57. The van der Waals surface area contributed by atoms with E-state index in [4.69, 9.17) is 5.41 Å². The number of aryl methyl sites for hydroxylation is 1. The molecule has 1 aromatic rings. The fourth-order valence-corrected chi connectivity index (χ4v) is 2.45. The second-order valence-electron chi connectivity index (χ2n) is 5.16. The summed E-state index contributed by atoms with van der Waals surface area (Å²) in [6.07, 6.45) is 8.99. The number of rotatable bonds is 2. The molecule has 1 saturated heterocycles. The Kier molecular flexibility index (Phi) is 3.15. The molecular formula is C15H18N4. The van der Waals surface area contributed by atoms with Crippen LogP contribution in [0.2, 0.25) is 0 Å². The van der Waals surface area contributed by atoms with Crippen LogP contribution in [0.25, 0.3) is 5.57 Å². The number of likely N-dealkylation sites (tertiary alicyclic amines) is 1. The number of nitrogens with zero attached hydrogens (tertiary/aromatic N) is 3. The number of pyridine rings is 1. The lowest BCUT2D eigenvalue weighted by Gasteiger charge is -2.26. The largest absolute Gasteiger partial charge is 0.356 e. The number of piperidine rings is 1. The summed E-state index contributed by atoms with van der Waals surface area (Å²) >= 11 is 0. The van der Waals surface area contributed by atoms with Gasteiger partial charge in [-0.1, -0.05) is 0 Å². The summed E-state index contributed by atoms with van der Waals surface area (Å²) in [6.45, 7) is 4.02. The van der Waals surface area contributed by atoms with E-state index in [0.717, 1.165) is 24.4 Å². The molecule has 4 heteroatoms. The van der Waals surface area contributed by atoms with Crippen LogP contribution in [0.3, 0.4) is 0 Å². The molecule has 0 saturated carbocycles. The minimum absolute atomic E-state index is 0.519. The van der Waals surface area contributed by atoms with E-state index in [1.54, 1.807) is 6.21 Å². The molecule has 3 rings (SSSR count). The Bertz CT molecular complexity index is 566. The number of aliphatic imine (C=N–C) groups is 1. The third-order valence-electron chi connectivity index (χ3n) is 3.60. The van der Waals surface area contributed by atoms with E-state index in [1.165, 1.54) is 30.4 Å². The van der Waals surface area contributed by atoms with E-state index < -0.39 is 0 Å². The summed E-state index contributed by atoms with van der Waals surface area (Å²) in [4.78, 5) is 10.7. The molecular weight excluding hydrogens is 236 g/mol. The van der Waals surface area contributed by atoms with Crippen molar-refractivity contribution in [3.63, 3.8) is 0 Å². The van der Waals surface area contributed by atoms with Crippen molar-refractivity contribution in [2.24, 2.45) is 4.99 Å². The number of hydrogen-bond acceptors (Lipinski definition) is 3. The monoisotopic (exact) mass is 254 g/mol. The lowest BCUT2D eigenvalue weighted by Crippen LogP contribution is -2.35. The molecule has 0 radical (unpaired) electrons. The Morgan fingerprint density at radius 3 is 2.89 bits per heavy atom. The van der Waals surface area contributed by atoms with Crippen molar-refractivity contribution in [2.75, 3.05) is 13.1 Å². The van der Waals surface area contributed by atoms with E-state index in [-0.39, 0.29) is 0 Å². The number of aromatic nitrogens is 1. The Hall–Kier alpha value is -1.97. The summed E-state index contributed by atoms with van der Waals surface area (Å²) in [6, 6.07) is 2.12. The highest BCUT2D eigenvalue weighted by molar-refractivity contribution is 6.28. The van der Waals surface area contributed by atoms with E-state index in [0.29, 0.717) is 5.84 Å². The summed E-state index contributed by atoms with van der Waals surface area (Å²) < 4.78 is 0. The van der Waals surface area contributed by atoms with Crippen LogP contribution >= 0.6 is 0 Å².